The molecule has 0 aromatic heterocycles. The second kappa shape index (κ2) is 18.0. The number of hydrogen-bond donors (Lipinski definition) is 6. The number of rotatable bonds is 12. The van der Waals surface area contributed by atoms with Crippen molar-refractivity contribution in [3.8, 4) is 11.5 Å². The summed E-state index contributed by atoms with van der Waals surface area (Å²) in [4.78, 5) is 48.5. The van der Waals surface area contributed by atoms with Crippen LogP contribution in [0, 0.1) is 0 Å². The third kappa shape index (κ3) is 9.22. The van der Waals surface area contributed by atoms with E-state index in [1.54, 1.807) is 6.07 Å². The van der Waals surface area contributed by atoms with Crippen LogP contribution in [0.1, 0.15) is 55.6 Å². The Morgan fingerprint density at radius 2 is 1.59 bits per heavy atom. The Hall–Kier alpha value is -5.93. The first-order chi connectivity index (χ1) is 29.7. The maximum absolute atomic E-state index is 13.3. The summed E-state index contributed by atoms with van der Waals surface area (Å²) in [6.07, 6.45) is 7.12. The fourth-order valence-corrected chi connectivity index (χ4v) is 9.93. The van der Waals surface area contributed by atoms with Crippen LogP contribution in [0.3, 0.4) is 0 Å². The number of piperazine rings is 2. The molecule has 6 aliphatic rings. The van der Waals surface area contributed by atoms with Gasteiger partial charge in [-0.15, -0.1) is 0 Å². The van der Waals surface area contributed by atoms with Gasteiger partial charge in [-0.1, -0.05) is 30.3 Å². The number of ether oxygens (including phenoxy) is 1. The van der Waals surface area contributed by atoms with Gasteiger partial charge < -0.3 is 35.6 Å². The van der Waals surface area contributed by atoms with Gasteiger partial charge in [-0.2, -0.15) is 0 Å². The van der Waals surface area contributed by atoms with Crippen molar-refractivity contribution >= 4 is 34.8 Å². The third-order valence-electron chi connectivity index (χ3n) is 13.3. The van der Waals surface area contributed by atoms with Crippen LogP contribution in [-0.4, -0.2) is 133 Å². The average Bonchev–Trinajstić information content (AvgIpc) is 3.54. The molecule has 0 aliphatic carbocycles. The quantitative estimate of drug-likeness (QED) is 0.148. The molecule has 0 spiro atoms. The molecular formula is C46H58N10O5. The number of hydrazine groups is 1. The molecule has 15 nitrogen and oxygen atoms in total. The number of phenols is 1. The van der Waals surface area contributed by atoms with Crippen molar-refractivity contribution in [3.05, 3.63) is 102 Å². The molecule has 6 aliphatic heterocycles. The van der Waals surface area contributed by atoms with Gasteiger partial charge in [-0.3, -0.25) is 40.4 Å². The normalized spacial score (nSPS) is 23.9. The number of fused-ring (bicyclic) bond motifs is 2. The van der Waals surface area contributed by atoms with Gasteiger partial charge >= 0.3 is 0 Å². The summed E-state index contributed by atoms with van der Waals surface area (Å²) >= 11 is 0. The molecule has 7 N–H and O–H groups in total. The number of aromatic hydroxyl groups is 1. The maximum atomic E-state index is 13.3. The van der Waals surface area contributed by atoms with Crippen molar-refractivity contribution < 1.29 is 24.2 Å². The largest absolute Gasteiger partial charge is 0.507 e. The van der Waals surface area contributed by atoms with Crippen LogP contribution < -0.4 is 36.9 Å². The number of benzene rings is 3. The van der Waals surface area contributed by atoms with Gasteiger partial charge in [-0.25, -0.2) is 0 Å². The van der Waals surface area contributed by atoms with Crippen molar-refractivity contribution in [1.82, 2.24) is 35.8 Å². The SMILES string of the molecule is NC1=C(N2CC3CCC(C2)N3c2cccc(OCCN3CCN(C(=O)CN4CCC(c5ccc(NC6CCC(=O)NC6=O)cc5)CC4)CC3)c2)C=C(c2ccccc2O)NN1. The van der Waals surface area contributed by atoms with E-state index in [-0.39, 0.29) is 29.5 Å². The number of amides is 3. The molecule has 3 aromatic carbocycles. The molecule has 322 valence electrons. The molecule has 6 heterocycles. The van der Waals surface area contributed by atoms with E-state index in [1.807, 2.05) is 47.4 Å². The molecule has 3 atom stereocenters. The van der Waals surface area contributed by atoms with E-state index < -0.39 is 0 Å². The first kappa shape index (κ1) is 40.5. The molecule has 2 bridgehead atoms. The summed E-state index contributed by atoms with van der Waals surface area (Å²) in [5, 5.41) is 16.1. The number of para-hydroxylation sites is 1. The Balaban J connectivity index is 0.690. The number of nitrogens with two attached hydrogens (primary N) is 1. The van der Waals surface area contributed by atoms with E-state index in [9.17, 15) is 19.5 Å². The fourth-order valence-electron chi connectivity index (χ4n) is 9.93. The lowest BCUT2D eigenvalue weighted by Gasteiger charge is -2.44. The third-order valence-corrected chi connectivity index (χ3v) is 13.3. The minimum Gasteiger partial charge on any atom is -0.507 e. The van der Waals surface area contributed by atoms with E-state index in [0.717, 1.165) is 113 Å². The Labute approximate surface area is 357 Å². The Bertz CT molecular complexity index is 2130. The van der Waals surface area contributed by atoms with Gasteiger partial charge in [0.25, 0.3) is 0 Å². The molecule has 0 saturated carbocycles. The highest BCUT2D eigenvalue weighted by Gasteiger charge is 2.41. The zero-order valence-electron chi connectivity index (χ0n) is 34.7. The lowest BCUT2D eigenvalue weighted by atomic mass is 9.89. The number of imide groups is 1. The molecule has 3 amide bonds. The number of piperidine rings is 2. The van der Waals surface area contributed by atoms with Crippen molar-refractivity contribution in [1.29, 1.82) is 0 Å². The van der Waals surface area contributed by atoms with Gasteiger partial charge in [0.2, 0.25) is 17.7 Å². The van der Waals surface area contributed by atoms with E-state index in [2.05, 4.69) is 71.4 Å². The zero-order valence-corrected chi connectivity index (χ0v) is 34.7. The molecule has 15 heteroatoms. The van der Waals surface area contributed by atoms with Crippen molar-refractivity contribution in [3.63, 3.8) is 0 Å². The van der Waals surface area contributed by atoms with E-state index in [0.29, 0.717) is 49.8 Å². The summed E-state index contributed by atoms with van der Waals surface area (Å²) in [6, 6.07) is 24.4. The summed E-state index contributed by atoms with van der Waals surface area (Å²) in [5.41, 5.74) is 18.5. The number of nitrogens with one attached hydrogen (secondary N) is 4. The number of hydrogen-bond acceptors (Lipinski definition) is 13. The van der Waals surface area contributed by atoms with Gasteiger partial charge in [-0.05, 0) is 99.1 Å². The second-order valence-corrected chi connectivity index (χ2v) is 17.2. The highest BCUT2D eigenvalue weighted by Crippen LogP contribution is 2.38. The number of allylic oxidation sites excluding steroid dienone is 1. The topological polar surface area (TPSA) is 171 Å². The lowest BCUT2D eigenvalue weighted by molar-refractivity contribution is -0.135. The molecule has 9 rings (SSSR count). The molecule has 61 heavy (non-hydrogen) atoms. The molecule has 5 saturated heterocycles. The number of anilines is 2. The monoisotopic (exact) mass is 830 g/mol. The van der Waals surface area contributed by atoms with Crippen molar-refractivity contribution in [2.75, 3.05) is 82.3 Å². The highest BCUT2D eigenvalue weighted by molar-refractivity contribution is 6.01. The Kier molecular flexibility index (Phi) is 11.9. The minimum atomic E-state index is -0.388. The Morgan fingerprint density at radius 1 is 0.836 bits per heavy atom. The number of nitrogens with zero attached hydrogens (tertiary/aromatic N) is 5. The van der Waals surface area contributed by atoms with Crippen molar-refractivity contribution in [2.45, 2.75) is 62.6 Å². The molecule has 0 radical (unpaired) electrons. The molecule has 3 aromatic rings. The van der Waals surface area contributed by atoms with Gasteiger partial charge in [0.15, 0.2) is 0 Å². The number of carbonyl (C=O) groups excluding carboxylic acids is 3. The van der Waals surface area contributed by atoms with Crippen LogP contribution in [0.5, 0.6) is 11.5 Å². The van der Waals surface area contributed by atoms with Gasteiger partial charge in [0.1, 0.15) is 30.0 Å². The van der Waals surface area contributed by atoms with Crippen molar-refractivity contribution in [2.24, 2.45) is 5.73 Å². The number of phenolic OH excluding ortho intramolecular Hbond substituents is 1. The van der Waals surface area contributed by atoms with Gasteiger partial charge in [0.05, 0.1) is 17.9 Å². The molecular weight excluding hydrogens is 773 g/mol. The maximum Gasteiger partial charge on any atom is 0.249 e. The average molecular weight is 831 g/mol. The Morgan fingerprint density at radius 3 is 2.33 bits per heavy atom. The van der Waals surface area contributed by atoms with Crippen LogP contribution in [0.2, 0.25) is 0 Å². The standard InChI is InChI=1S/C46H58N10O5/c47-45-41(27-40(50-51-45)38-6-1-2-7-42(38)57)55-28-35-12-13-36(29-55)56(35)34-4-3-5-37(26-34)61-25-24-52-20-22-54(23-21-52)44(59)30-53-18-16-32(17-19-53)31-8-10-33(11-9-31)48-39-14-15-43(58)49-46(39)60/h1-11,26-27,32,35-36,39,48,50-51,57H,12-25,28-30,47H2,(H,49,58,60). The van der Waals surface area contributed by atoms with Crippen LogP contribution in [-0.2, 0) is 14.4 Å². The van der Waals surface area contributed by atoms with Crippen LogP contribution in [0.25, 0.3) is 5.70 Å². The van der Waals surface area contributed by atoms with E-state index in [4.69, 9.17) is 10.5 Å². The van der Waals surface area contributed by atoms with E-state index in [1.165, 1.54) is 11.3 Å². The second-order valence-electron chi connectivity index (χ2n) is 17.2. The highest BCUT2D eigenvalue weighted by atomic mass is 16.5. The van der Waals surface area contributed by atoms with Crippen LogP contribution in [0.15, 0.2) is 90.4 Å². The first-order valence-corrected chi connectivity index (χ1v) is 21.9. The fraction of sp³-hybridized carbons (Fsp3) is 0.457. The summed E-state index contributed by atoms with van der Waals surface area (Å²) < 4.78 is 6.32. The summed E-state index contributed by atoms with van der Waals surface area (Å²) in [5.74, 6) is 1.85. The predicted molar refractivity (Wildman–Crippen MR) is 234 cm³/mol. The van der Waals surface area contributed by atoms with E-state index >= 15 is 0 Å². The lowest BCUT2D eigenvalue weighted by Crippen LogP contribution is -2.54. The smallest absolute Gasteiger partial charge is 0.249 e. The minimum absolute atomic E-state index is 0.211. The predicted octanol–water partition coefficient (Wildman–Crippen LogP) is 2.94. The zero-order chi connectivity index (χ0) is 41.9. The molecule has 5 fully saturated rings. The van der Waals surface area contributed by atoms with Crippen LogP contribution in [0.4, 0.5) is 11.4 Å². The van der Waals surface area contributed by atoms with Gasteiger partial charge in [0, 0.05) is 87.3 Å². The summed E-state index contributed by atoms with van der Waals surface area (Å²) in [6.45, 7) is 8.52. The number of likely N-dealkylation sites (tertiary alicyclic amines) is 2. The first-order valence-electron chi connectivity index (χ1n) is 21.9. The molecule has 3 unspecified atom stereocenters. The summed E-state index contributed by atoms with van der Waals surface area (Å²) in [7, 11) is 0. The number of carbonyl (C=O) groups is 3. The van der Waals surface area contributed by atoms with Crippen LogP contribution >= 0.6 is 0 Å².